The highest BCUT2D eigenvalue weighted by Crippen LogP contribution is 1.93. The minimum absolute atomic E-state index is 0.214. The van der Waals surface area contributed by atoms with Gasteiger partial charge in [-0.15, -0.1) is 0 Å². The molecule has 5 heteroatoms. The zero-order valence-corrected chi connectivity index (χ0v) is 6.22. The van der Waals surface area contributed by atoms with Gasteiger partial charge in [-0.05, 0) is 0 Å². The average Bonchev–Trinajstić information content (AvgIpc) is 1.93. The largest absolute Gasteiger partial charge is 0.459 e. The number of carbonyl (C=O) groups excluding carboxylic acids is 2. The maximum atomic E-state index is 10.5. The fourth-order valence-corrected chi connectivity index (χ4v) is 0.866. The van der Waals surface area contributed by atoms with Crippen LogP contribution >= 0.6 is 0 Å². The predicted octanol–water partition coefficient (Wildman–Crippen LogP) is -0.769. The van der Waals surface area contributed by atoms with Crippen molar-refractivity contribution >= 4 is 12.0 Å². The highest BCUT2D eigenvalue weighted by Gasteiger charge is 2.18. The van der Waals surface area contributed by atoms with E-state index in [-0.39, 0.29) is 18.1 Å². The molecule has 2 N–H and O–H groups in total. The summed E-state index contributed by atoms with van der Waals surface area (Å²) in [5.74, 6) is -0.326. The van der Waals surface area contributed by atoms with Crippen LogP contribution in [0.3, 0.4) is 0 Å². The summed E-state index contributed by atoms with van der Waals surface area (Å²) in [5.41, 5.74) is 0. The third-order valence-corrected chi connectivity index (χ3v) is 1.31. The molecule has 0 bridgehead atoms. The van der Waals surface area contributed by atoms with Gasteiger partial charge < -0.3 is 15.4 Å². The molecule has 0 aromatic carbocycles. The van der Waals surface area contributed by atoms with Crippen LogP contribution in [-0.4, -0.2) is 31.2 Å². The Morgan fingerprint density at radius 3 is 2.55 bits per heavy atom. The molecule has 0 atom stereocenters. The summed E-state index contributed by atoms with van der Waals surface area (Å²) in [4.78, 5) is 21.0. The molecule has 0 unspecified atom stereocenters. The standard InChI is InChI=1S/C6H10N2O3/c1-4(9)11-5-2-7-6(10)8-3-5/h5H,2-3H2,1H3,(H2,7,8,10). The number of hydrogen-bond donors (Lipinski definition) is 2. The van der Waals surface area contributed by atoms with Crippen molar-refractivity contribution in [1.29, 1.82) is 0 Å². The normalized spacial score (nSPS) is 18.5. The van der Waals surface area contributed by atoms with Crippen molar-refractivity contribution in [1.82, 2.24) is 10.6 Å². The third-order valence-electron chi connectivity index (χ3n) is 1.31. The number of rotatable bonds is 1. The van der Waals surface area contributed by atoms with Crippen LogP contribution in [0.4, 0.5) is 4.79 Å². The van der Waals surface area contributed by atoms with Crippen LogP contribution in [0.2, 0.25) is 0 Å². The quantitative estimate of drug-likeness (QED) is 0.492. The Morgan fingerprint density at radius 1 is 1.55 bits per heavy atom. The second kappa shape index (κ2) is 3.23. The zero-order valence-electron chi connectivity index (χ0n) is 6.22. The van der Waals surface area contributed by atoms with Gasteiger partial charge in [-0.25, -0.2) is 4.79 Å². The number of nitrogens with one attached hydrogen (secondary N) is 2. The summed E-state index contributed by atoms with van der Waals surface area (Å²) in [7, 11) is 0. The maximum absolute atomic E-state index is 10.5. The molecule has 1 aliphatic heterocycles. The number of carbonyl (C=O) groups is 2. The smallest absolute Gasteiger partial charge is 0.315 e. The average molecular weight is 158 g/mol. The zero-order chi connectivity index (χ0) is 8.27. The van der Waals surface area contributed by atoms with Crippen LogP contribution in [0.5, 0.6) is 0 Å². The number of esters is 1. The van der Waals surface area contributed by atoms with E-state index in [0.717, 1.165) is 0 Å². The van der Waals surface area contributed by atoms with Gasteiger partial charge in [0.1, 0.15) is 6.10 Å². The Hall–Kier alpha value is -1.26. The molecule has 1 saturated heterocycles. The Kier molecular flexibility index (Phi) is 2.30. The Balaban J connectivity index is 2.28. The fourth-order valence-electron chi connectivity index (χ4n) is 0.866. The lowest BCUT2D eigenvalue weighted by Gasteiger charge is -2.22. The van der Waals surface area contributed by atoms with E-state index in [1.54, 1.807) is 0 Å². The first-order valence-electron chi connectivity index (χ1n) is 3.37. The molecule has 5 nitrogen and oxygen atoms in total. The van der Waals surface area contributed by atoms with Crippen molar-refractivity contribution in [2.75, 3.05) is 13.1 Å². The molecule has 1 fully saturated rings. The molecule has 0 saturated carbocycles. The van der Waals surface area contributed by atoms with Crippen molar-refractivity contribution in [3.63, 3.8) is 0 Å². The molecule has 0 spiro atoms. The van der Waals surface area contributed by atoms with E-state index >= 15 is 0 Å². The fraction of sp³-hybridized carbons (Fsp3) is 0.667. The van der Waals surface area contributed by atoms with Crippen LogP contribution in [0.15, 0.2) is 0 Å². The van der Waals surface area contributed by atoms with E-state index in [9.17, 15) is 9.59 Å². The van der Waals surface area contributed by atoms with E-state index in [1.807, 2.05) is 0 Å². The van der Waals surface area contributed by atoms with Crippen LogP contribution in [0, 0.1) is 0 Å². The third kappa shape index (κ3) is 2.45. The molecule has 62 valence electrons. The number of ether oxygens (including phenoxy) is 1. The Morgan fingerprint density at radius 2 is 2.09 bits per heavy atom. The van der Waals surface area contributed by atoms with Gasteiger partial charge in [-0.1, -0.05) is 0 Å². The summed E-state index contributed by atoms with van der Waals surface area (Å²) in [6.07, 6.45) is -0.231. The first-order chi connectivity index (χ1) is 5.18. The van der Waals surface area contributed by atoms with Crippen molar-refractivity contribution in [3.8, 4) is 0 Å². The molecule has 2 amide bonds. The topological polar surface area (TPSA) is 67.4 Å². The van der Waals surface area contributed by atoms with Gasteiger partial charge in [0, 0.05) is 6.92 Å². The van der Waals surface area contributed by atoms with Crippen LogP contribution in [0.1, 0.15) is 6.92 Å². The number of amides is 2. The van der Waals surface area contributed by atoms with Crippen LogP contribution in [0.25, 0.3) is 0 Å². The Labute approximate surface area is 64.1 Å². The van der Waals surface area contributed by atoms with Gasteiger partial charge in [0.05, 0.1) is 13.1 Å². The van der Waals surface area contributed by atoms with E-state index in [0.29, 0.717) is 13.1 Å². The molecule has 1 rings (SSSR count). The summed E-state index contributed by atoms with van der Waals surface area (Å²) in [6.45, 7) is 2.13. The number of hydrogen-bond acceptors (Lipinski definition) is 3. The molecule has 0 aliphatic carbocycles. The van der Waals surface area contributed by atoms with Gasteiger partial charge >= 0.3 is 12.0 Å². The lowest BCUT2D eigenvalue weighted by Crippen LogP contribution is -2.52. The minimum Gasteiger partial charge on any atom is -0.459 e. The summed E-state index contributed by atoms with van der Waals surface area (Å²) in [6, 6.07) is -0.214. The highest BCUT2D eigenvalue weighted by molar-refractivity contribution is 5.75. The molecule has 1 heterocycles. The van der Waals surface area contributed by atoms with Gasteiger partial charge in [0.15, 0.2) is 0 Å². The molecule has 0 radical (unpaired) electrons. The molecular formula is C6H10N2O3. The van der Waals surface area contributed by atoms with Crippen LogP contribution < -0.4 is 10.6 Å². The molecule has 11 heavy (non-hydrogen) atoms. The van der Waals surface area contributed by atoms with Crippen LogP contribution in [-0.2, 0) is 9.53 Å². The first-order valence-corrected chi connectivity index (χ1v) is 3.37. The second-order valence-corrected chi connectivity index (χ2v) is 2.32. The minimum atomic E-state index is -0.326. The molecular weight excluding hydrogens is 148 g/mol. The maximum Gasteiger partial charge on any atom is 0.315 e. The molecule has 0 aromatic rings. The molecule has 0 aromatic heterocycles. The summed E-state index contributed by atoms with van der Waals surface area (Å²) in [5, 5.41) is 5.02. The van der Waals surface area contributed by atoms with E-state index in [1.165, 1.54) is 6.92 Å². The second-order valence-electron chi connectivity index (χ2n) is 2.32. The monoisotopic (exact) mass is 158 g/mol. The van der Waals surface area contributed by atoms with Crippen molar-refractivity contribution in [2.45, 2.75) is 13.0 Å². The summed E-state index contributed by atoms with van der Waals surface area (Å²) < 4.78 is 4.82. The SMILES string of the molecule is CC(=O)OC1CNC(=O)NC1. The van der Waals surface area contributed by atoms with E-state index in [2.05, 4.69) is 10.6 Å². The number of urea groups is 1. The van der Waals surface area contributed by atoms with Gasteiger partial charge in [0.2, 0.25) is 0 Å². The predicted molar refractivity (Wildman–Crippen MR) is 37.0 cm³/mol. The van der Waals surface area contributed by atoms with E-state index in [4.69, 9.17) is 4.74 Å². The van der Waals surface area contributed by atoms with E-state index < -0.39 is 0 Å². The van der Waals surface area contributed by atoms with Crippen molar-refractivity contribution in [2.24, 2.45) is 0 Å². The lowest BCUT2D eigenvalue weighted by molar-refractivity contribution is -0.146. The van der Waals surface area contributed by atoms with Crippen molar-refractivity contribution < 1.29 is 14.3 Å². The highest BCUT2D eigenvalue weighted by atomic mass is 16.5. The molecule has 1 aliphatic rings. The lowest BCUT2D eigenvalue weighted by atomic mass is 10.3. The first kappa shape index (κ1) is 7.84. The van der Waals surface area contributed by atoms with Gasteiger partial charge in [-0.2, -0.15) is 0 Å². The summed E-state index contributed by atoms with van der Waals surface area (Å²) >= 11 is 0. The van der Waals surface area contributed by atoms with Gasteiger partial charge in [0.25, 0.3) is 0 Å². The van der Waals surface area contributed by atoms with Gasteiger partial charge in [-0.3, -0.25) is 4.79 Å². The van der Waals surface area contributed by atoms with Crippen molar-refractivity contribution in [3.05, 3.63) is 0 Å². The Bertz CT molecular complexity index is 171.